The van der Waals surface area contributed by atoms with Crippen molar-refractivity contribution in [3.05, 3.63) is 82.5 Å². The van der Waals surface area contributed by atoms with Crippen LogP contribution in [-0.2, 0) is 18.9 Å². The Morgan fingerprint density at radius 2 is 1.85 bits per heavy atom. The van der Waals surface area contributed by atoms with Gasteiger partial charge in [0.05, 0.1) is 35.7 Å². The lowest BCUT2D eigenvalue weighted by atomic mass is 10.00. The zero-order valence-electron chi connectivity index (χ0n) is 29.8. The number of imide groups is 1. The van der Waals surface area contributed by atoms with Crippen LogP contribution in [0.5, 0.6) is 5.88 Å². The second-order valence-corrected chi connectivity index (χ2v) is 13.2. The topological polar surface area (TPSA) is 183 Å². The first-order valence-corrected chi connectivity index (χ1v) is 17.3. The molecular formula is C38H34N10O6. The standard InChI is InChI=1S/C38H34N10O6/c1-21(2)25-16-23(17-28-32(25)46(4)38(52)45(28)3)47-14-15-53-36-29(47)20-42-33(44-36)22-7-8-27(41-19-22)35(50)40-11-5-6-24-18-26-30(54-24)9-12-39-34(26)48-13-10-31(49)43-37(48)51/h7-9,12,16-21H,10-11,13-15H2,1-4H3,(H,40,50)(H,43,49,51). The van der Waals surface area contributed by atoms with Gasteiger partial charge in [0.25, 0.3) is 5.91 Å². The van der Waals surface area contributed by atoms with E-state index in [2.05, 4.69) is 62.2 Å². The number of rotatable bonds is 6. The summed E-state index contributed by atoms with van der Waals surface area (Å²) in [6, 6.07) is 10.2. The first-order valence-electron chi connectivity index (χ1n) is 17.3. The van der Waals surface area contributed by atoms with Gasteiger partial charge in [0.15, 0.2) is 11.6 Å². The lowest BCUT2D eigenvalue weighted by Gasteiger charge is -2.31. The van der Waals surface area contributed by atoms with Crippen molar-refractivity contribution >= 4 is 57.0 Å². The number of urea groups is 1. The molecular weight excluding hydrogens is 692 g/mol. The minimum atomic E-state index is -0.547. The Balaban J connectivity index is 0.947. The van der Waals surface area contributed by atoms with Crippen LogP contribution in [0, 0.1) is 11.8 Å². The second kappa shape index (κ2) is 13.5. The first-order chi connectivity index (χ1) is 26.1. The number of hydrogen-bond acceptors (Lipinski definition) is 11. The molecule has 0 aliphatic carbocycles. The number of fused-ring (bicyclic) bond motifs is 3. The smallest absolute Gasteiger partial charge is 0.329 e. The Morgan fingerprint density at radius 1 is 1.00 bits per heavy atom. The third-order valence-electron chi connectivity index (χ3n) is 9.43. The molecule has 7 heterocycles. The van der Waals surface area contributed by atoms with Gasteiger partial charge in [0.2, 0.25) is 11.8 Å². The number of aromatic nitrogens is 6. The van der Waals surface area contributed by atoms with E-state index in [1.807, 2.05) is 6.07 Å². The summed E-state index contributed by atoms with van der Waals surface area (Å²) in [5.74, 6) is 6.68. The third kappa shape index (κ3) is 6.04. The van der Waals surface area contributed by atoms with Crippen molar-refractivity contribution < 1.29 is 23.5 Å². The van der Waals surface area contributed by atoms with Crippen molar-refractivity contribution in [1.29, 1.82) is 0 Å². The number of ether oxygens (including phenoxy) is 1. The van der Waals surface area contributed by atoms with Gasteiger partial charge in [-0.3, -0.25) is 33.9 Å². The second-order valence-electron chi connectivity index (χ2n) is 13.2. The molecule has 0 bridgehead atoms. The number of benzene rings is 1. The Kier molecular flexibility index (Phi) is 8.53. The van der Waals surface area contributed by atoms with E-state index in [0.29, 0.717) is 58.7 Å². The van der Waals surface area contributed by atoms with E-state index in [0.717, 1.165) is 22.3 Å². The summed E-state index contributed by atoms with van der Waals surface area (Å²) in [6.07, 6.45) is 4.92. The van der Waals surface area contributed by atoms with Crippen LogP contribution in [0.3, 0.4) is 0 Å². The lowest BCUT2D eigenvalue weighted by molar-refractivity contribution is -0.120. The summed E-state index contributed by atoms with van der Waals surface area (Å²) >= 11 is 0. The highest BCUT2D eigenvalue weighted by Gasteiger charge is 2.28. The van der Waals surface area contributed by atoms with Gasteiger partial charge in [-0.1, -0.05) is 19.8 Å². The van der Waals surface area contributed by atoms with E-state index in [4.69, 9.17) is 14.1 Å². The predicted molar refractivity (Wildman–Crippen MR) is 199 cm³/mol. The van der Waals surface area contributed by atoms with Gasteiger partial charge in [0, 0.05) is 56.8 Å². The van der Waals surface area contributed by atoms with Gasteiger partial charge in [-0.2, -0.15) is 4.98 Å². The van der Waals surface area contributed by atoms with E-state index in [-0.39, 0.29) is 42.7 Å². The number of carbonyl (C=O) groups is 3. The van der Waals surface area contributed by atoms with Gasteiger partial charge < -0.3 is 19.4 Å². The number of amides is 4. The number of pyridine rings is 2. The number of nitrogens with one attached hydrogen (secondary N) is 2. The van der Waals surface area contributed by atoms with Crippen molar-refractivity contribution in [2.75, 3.05) is 36.0 Å². The van der Waals surface area contributed by atoms with E-state index in [1.165, 1.54) is 17.3 Å². The van der Waals surface area contributed by atoms with Gasteiger partial charge >= 0.3 is 11.7 Å². The normalized spacial score (nSPS) is 14.2. The number of imidazole rings is 1. The van der Waals surface area contributed by atoms with Gasteiger partial charge in [-0.25, -0.2) is 19.6 Å². The monoisotopic (exact) mass is 726 g/mol. The van der Waals surface area contributed by atoms with Crippen molar-refractivity contribution in [3.8, 4) is 29.1 Å². The molecule has 54 heavy (non-hydrogen) atoms. The van der Waals surface area contributed by atoms with Crippen molar-refractivity contribution in [3.63, 3.8) is 0 Å². The van der Waals surface area contributed by atoms with Crippen LogP contribution in [-0.4, -0.2) is 73.2 Å². The zero-order valence-corrected chi connectivity index (χ0v) is 29.8. The summed E-state index contributed by atoms with van der Waals surface area (Å²) < 4.78 is 15.1. The molecule has 1 aromatic carbocycles. The largest absolute Gasteiger partial charge is 0.474 e. The number of carbonyl (C=O) groups excluding carboxylic acids is 3. The highest BCUT2D eigenvalue weighted by molar-refractivity contribution is 6.08. The van der Waals surface area contributed by atoms with Crippen LogP contribution in [0.25, 0.3) is 33.4 Å². The van der Waals surface area contributed by atoms with Crippen LogP contribution in [0.15, 0.2) is 64.2 Å². The Bertz CT molecular complexity index is 2630. The summed E-state index contributed by atoms with van der Waals surface area (Å²) in [6.45, 7) is 5.43. The third-order valence-corrected chi connectivity index (χ3v) is 9.43. The molecule has 272 valence electrons. The SMILES string of the molecule is CC(C)c1cc(N2CCOc3nc(-c4ccc(C(=O)NCC#Cc5cc6c(N7CCC(=O)NC7=O)nccc6o5)nc4)ncc32)cc2c1n(C)c(=O)n2C. The van der Waals surface area contributed by atoms with Crippen molar-refractivity contribution in [1.82, 2.24) is 39.7 Å². The fourth-order valence-corrected chi connectivity index (χ4v) is 6.68. The average Bonchev–Trinajstić information content (AvgIpc) is 3.70. The molecule has 8 rings (SSSR count). The molecule has 0 atom stereocenters. The Hall–Kier alpha value is -7.02. The van der Waals surface area contributed by atoms with Crippen LogP contribution in [0.4, 0.5) is 22.0 Å². The first kappa shape index (κ1) is 34.1. The predicted octanol–water partition coefficient (Wildman–Crippen LogP) is 3.75. The highest BCUT2D eigenvalue weighted by atomic mass is 16.5. The number of furan rings is 1. The van der Waals surface area contributed by atoms with Gasteiger partial charge in [-0.05, 0) is 47.7 Å². The van der Waals surface area contributed by atoms with Crippen LogP contribution in [0.1, 0.15) is 48.0 Å². The lowest BCUT2D eigenvalue weighted by Crippen LogP contribution is -2.49. The van der Waals surface area contributed by atoms with Crippen LogP contribution in [0.2, 0.25) is 0 Å². The molecule has 6 aromatic rings. The Morgan fingerprint density at radius 3 is 2.63 bits per heavy atom. The molecule has 5 aromatic heterocycles. The summed E-state index contributed by atoms with van der Waals surface area (Å²) in [7, 11) is 3.58. The molecule has 4 amide bonds. The van der Waals surface area contributed by atoms with E-state index in [1.54, 1.807) is 53.7 Å². The zero-order chi connectivity index (χ0) is 37.7. The van der Waals surface area contributed by atoms with Crippen molar-refractivity contribution in [2.24, 2.45) is 14.1 Å². The molecule has 2 aliphatic rings. The Labute approximate surface area is 307 Å². The maximum atomic E-state index is 12.9. The van der Waals surface area contributed by atoms with Crippen LogP contribution >= 0.6 is 0 Å². The minimum absolute atomic E-state index is 0.0228. The molecule has 2 aliphatic heterocycles. The van der Waals surface area contributed by atoms with E-state index in [9.17, 15) is 19.2 Å². The van der Waals surface area contributed by atoms with Crippen LogP contribution < -0.4 is 30.9 Å². The van der Waals surface area contributed by atoms with Gasteiger partial charge in [0.1, 0.15) is 29.4 Å². The molecule has 1 fully saturated rings. The van der Waals surface area contributed by atoms with Gasteiger partial charge in [-0.15, -0.1) is 0 Å². The number of anilines is 3. The molecule has 16 nitrogen and oxygen atoms in total. The minimum Gasteiger partial charge on any atom is -0.474 e. The molecule has 0 spiro atoms. The van der Waals surface area contributed by atoms with Crippen molar-refractivity contribution in [2.45, 2.75) is 26.2 Å². The summed E-state index contributed by atoms with van der Waals surface area (Å²) in [5.41, 5.74) is 5.65. The quantitative estimate of drug-likeness (QED) is 0.239. The maximum Gasteiger partial charge on any atom is 0.329 e. The number of hydrogen-bond donors (Lipinski definition) is 2. The molecule has 0 saturated carbocycles. The summed E-state index contributed by atoms with van der Waals surface area (Å²) in [4.78, 5) is 71.0. The molecule has 0 radical (unpaired) electrons. The molecule has 1 saturated heterocycles. The average molecular weight is 727 g/mol. The number of nitrogens with zero attached hydrogens (tertiary/aromatic N) is 8. The molecule has 0 unspecified atom stereocenters. The fourth-order valence-electron chi connectivity index (χ4n) is 6.68. The van der Waals surface area contributed by atoms with E-state index < -0.39 is 11.9 Å². The molecule has 2 N–H and O–H groups in total. The fraction of sp³-hybridized carbons (Fsp3) is 0.263. The summed E-state index contributed by atoms with van der Waals surface area (Å²) in [5, 5.41) is 5.59. The highest BCUT2D eigenvalue weighted by Crippen LogP contribution is 2.39. The van der Waals surface area contributed by atoms with E-state index >= 15 is 0 Å². The number of aryl methyl sites for hydroxylation is 2. The maximum absolute atomic E-state index is 12.9. The molecule has 16 heteroatoms.